The van der Waals surface area contributed by atoms with Crippen LogP contribution in [0.2, 0.25) is 0 Å². The summed E-state index contributed by atoms with van der Waals surface area (Å²) in [5, 5.41) is 10.7. The van der Waals surface area contributed by atoms with Crippen molar-refractivity contribution in [1.82, 2.24) is 0 Å². The number of oxime groups is 1. The molecule has 0 radical (unpaired) electrons. The number of benzene rings is 1. The van der Waals surface area contributed by atoms with Crippen molar-refractivity contribution in [2.75, 3.05) is 0 Å². The first kappa shape index (κ1) is 8.64. The van der Waals surface area contributed by atoms with Gasteiger partial charge in [-0.25, -0.2) is 8.78 Å². The van der Waals surface area contributed by atoms with Crippen molar-refractivity contribution in [2.24, 2.45) is 5.16 Å². The van der Waals surface area contributed by atoms with E-state index >= 15 is 0 Å². The fourth-order valence-electron chi connectivity index (χ4n) is 0.823. The van der Waals surface area contributed by atoms with Crippen LogP contribution in [0.3, 0.4) is 0 Å². The van der Waals surface area contributed by atoms with Gasteiger partial charge in [0, 0.05) is 5.56 Å². The maximum atomic E-state index is 12.8. The highest BCUT2D eigenvalue weighted by molar-refractivity contribution is 5.79. The molecule has 4 heteroatoms. The van der Waals surface area contributed by atoms with E-state index in [4.69, 9.17) is 5.21 Å². The summed E-state index contributed by atoms with van der Waals surface area (Å²) in [7, 11) is 0. The zero-order valence-electron chi connectivity index (χ0n) is 6.38. The Balaban J connectivity index is 3.23. The summed E-state index contributed by atoms with van der Waals surface area (Å²) in [5.41, 5.74) is 0.156. The average Bonchev–Trinajstić information content (AvgIpc) is 2.01. The summed E-state index contributed by atoms with van der Waals surface area (Å²) >= 11 is 0. The van der Waals surface area contributed by atoms with Crippen molar-refractivity contribution < 1.29 is 14.0 Å². The van der Waals surface area contributed by atoms with Crippen LogP contribution in [0.25, 0.3) is 0 Å². The molecule has 1 rings (SSSR count). The molecule has 0 aliphatic heterocycles. The third-order valence-electron chi connectivity index (χ3n) is 1.47. The topological polar surface area (TPSA) is 32.6 Å². The standard InChI is InChI=1S/C8H7F2NO/c1-5-2-8(10)6(4-11-12)3-7(5)9/h2-4,12H,1H3/b11-4+. The van der Waals surface area contributed by atoms with Crippen LogP contribution in [0.15, 0.2) is 17.3 Å². The molecule has 12 heavy (non-hydrogen) atoms. The Morgan fingerprint density at radius 2 is 2.00 bits per heavy atom. The quantitative estimate of drug-likeness (QED) is 0.391. The predicted octanol–water partition coefficient (Wildman–Crippen LogP) is 2.08. The highest BCUT2D eigenvalue weighted by Crippen LogP contribution is 2.12. The Labute approximate surface area is 68.1 Å². The number of rotatable bonds is 1. The summed E-state index contributed by atoms with van der Waals surface area (Å²) in [4.78, 5) is 0. The summed E-state index contributed by atoms with van der Waals surface area (Å²) < 4.78 is 25.6. The summed E-state index contributed by atoms with van der Waals surface area (Å²) in [5.74, 6) is -1.13. The van der Waals surface area contributed by atoms with E-state index in [1.807, 2.05) is 0 Å². The number of hydrogen-bond donors (Lipinski definition) is 1. The van der Waals surface area contributed by atoms with Crippen molar-refractivity contribution in [3.8, 4) is 0 Å². The zero-order valence-corrected chi connectivity index (χ0v) is 6.38. The molecule has 0 unspecified atom stereocenters. The number of nitrogens with zero attached hydrogens (tertiary/aromatic N) is 1. The van der Waals surface area contributed by atoms with E-state index < -0.39 is 11.6 Å². The molecular weight excluding hydrogens is 164 g/mol. The van der Waals surface area contributed by atoms with E-state index in [0.717, 1.165) is 18.3 Å². The Morgan fingerprint density at radius 3 is 2.58 bits per heavy atom. The van der Waals surface area contributed by atoms with Gasteiger partial charge in [0.05, 0.1) is 6.21 Å². The van der Waals surface area contributed by atoms with E-state index in [0.29, 0.717) is 0 Å². The lowest BCUT2D eigenvalue weighted by Gasteiger charge is -1.98. The normalized spacial score (nSPS) is 10.9. The first-order valence-corrected chi connectivity index (χ1v) is 3.28. The molecule has 0 spiro atoms. The first-order chi connectivity index (χ1) is 5.65. The zero-order chi connectivity index (χ0) is 9.14. The van der Waals surface area contributed by atoms with Crippen LogP contribution in [0.4, 0.5) is 8.78 Å². The highest BCUT2D eigenvalue weighted by Gasteiger charge is 2.04. The van der Waals surface area contributed by atoms with E-state index in [1.54, 1.807) is 0 Å². The first-order valence-electron chi connectivity index (χ1n) is 3.28. The van der Waals surface area contributed by atoms with Gasteiger partial charge in [0.2, 0.25) is 0 Å². The fraction of sp³-hybridized carbons (Fsp3) is 0.125. The van der Waals surface area contributed by atoms with Gasteiger partial charge in [-0.05, 0) is 24.6 Å². The minimum atomic E-state index is -0.605. The smallest absolute Gasteiger partial charge is 0.132 e. The lowest BCUT2D eigenvalue weighted by atomic mass is 10.1. The second-order valence-electron chi connectivity index (χ2n) is 2.37. The van der Waals surface area contributed by atoms with Crippen LogP contribution in [-0.2, 0) is 0 Å². The maximum Gasteiger partial charge on any atom is 0.132 e. The fourth-order valence-corrected chi connectivity index (χ4v) is 0.823. The molecule has 64 valence electrons. The Hall–Kier alpha value is -1.45. The molecule has 0 heterocycles. The molecule has 0 bridgehead atoms. The molecule has 1 N–H and O–H groups in total. The SMILES string of the molecule is Cc1cc(F)c(/C=N/O)cc1F. The van der Waals surface area contributed by atoms with Crippen LogP contribution in [-0.4, -0.2) is 11.4 Å². The van der Waals surface area contributed by atoms with Gasteiger partial charge in [-0.2, -0.15) is 0 Å². The maximum absolute atomic E-state index is 12.8. The van der Waals surface area contributed by atoms with Gasteiger partial charge in [-0.1, -0.05) is 5.16 Å². The van der Waals surface area contributed by atoms with Gasteiger partial charge in [0.1, 0.15) is 11.6 Å². The molecule has 1 aromatic rings. The number of halogens is 2. The monoisotopic (exact) mass is 171 g/mol. The Morgan fingerprint density at radius 1 is 1.33 bits per heavy atom. The molecule has 1 aromatic carbocycles. The van der Waals surface area contributed by atoms with Crippen molar-refractivity contribution in [1.29, 1.82) is 0 Å². The lowest BCUT2D eigenvalue weighted by Crippen LogP contribution is -1.92. The molecule has 0 saturated carbocycles. The lowest BCUT2D eigenvalue weighted by molar-refractivity contribution is 0.321. The molecule has 0 aliphatic rings. The van der Waals surface area contributed by atoms with Gasteiger partial charge in [-0.15, -0.1) is 0 Å². The van der Waals surface area contributed by atoms with Crippen molar-refractivity contribution >= 4 is 6.21 Å². The second-order valence-corrected chi connectivity index (χ2v) is 2.37. The molecule has 2 nitrogen and oxygen atoms in total. The highest BCUT2D eigenvalue weighted by atomic mass is 19.1. The minimum Gasteiger partial charge on any atom is -0.411 e. The predicted molar refractivity (Wildman–Crippen MR) is 40.5 cm³/mol. The van der Waals surface area contributed by atoms with Crippen LogP contribution in [0.1, 0.15) is 11.1 Å². The van der Waals surface area contributed by atoms with Gasteiger partial charge in [-0.3, -0.25) is 0 Å². The van der Waals surface area contributed by atoms with Crippen LogP contribution in [0, 0.1) is 18.6 Å². The molecule has 0 fully saturated rings. The van der Waals surface area contributed by atoms with E-state index in [2.05, 4.69) is 5.16 Å². The second kappa shape index (κ2) is 3.30. The van der Waals surface area contributed by atoms with Gasteiger partial charge in [0.25, 0.3) is 0 Å². The van der Waals surface area contributed by atoms with Gasteiger partial charge in [0.15, 0.2) is 0 Å². The Bertz CT molecular complexity index is 323. The molecule has 0 saturated heterocycles. The molecule has 0 atom stereocenters. The molecule has 0 aromatic heterocycles. The minimum absolute atomic E-state index is 0.0689. The van der Waals surface area contributed by atoms with Gasteiger partial charge < -0.3 is 5.21 Å². The largest absolute Gasteiger partial charge is 0.411 e. The third-order valence-corrected chi connectivity index (χ3v) is 1.47. The van der Waals surface area contributed by atoms with Crippen LogP contribution < -0.4 is 0 Å². The van der Waals surface area contributed by atoms with Crippen molar-refractivity contribution in [3.63, 3.8) is 0 Å². The van der Waals surface area contributed by atoms with Crippen molar-refractivity contribution in [2.45, 2.75) is 6.92 Å². The number of aryl methyl sites for hydroxylation is 1. The van der Waals surface area contributed by atoms with Crippen molar-refractivity contribution in [3.05, 3.63) is 34.9 Å². The van der Waals surface area contributed by atoms with Crippen LogP contribution in [0.5, 0.6) is 0 Å². The van der Waals surface area contributed by atoms with E-state index in [9.17, 15) is 8.78 Å². The average molecular weight is 171 g/mol. The summed E-state index contributed by atoms with van der Waals surface area (Å²) in [6.07, 6.45) is 0.845. The van der Waals surface area contributed by atoms with E-state index in [1.165, 1.54) is 6.92 Å². The number of hydrogen-bond acceptors (Lipinski definition) is 2. The summed E-state index contributed by atoms with van der Waals surface area (Å²) in [6.45, 7) is 1.46. The van der Waals surface area contributed by atoms with Gasteiger partial charge >= 0.3 is 0 Å². The third kappa shape index (κ3) is 1.58. The molecule has 0 amide bonds. The Kier molecular flexibility index (Phi) is 2.38. The summed E-state index contributed by atoms with van der Waals surface area (Å²) in [6, 6.07) is 2.02. The van der Waals surface area contributed by atoms with Crippen LogP contribution >= 0.6 is 0 Å². The van der Waals surface area contributed by atoms with E-state index in [-0.39, 0.29) is 11.1 Å². The molecular formula is C8H7F2NO. The molecule has 0 aliphatic carbocycles.